The third kappa shape index (κ3) is 2.51. The van der Waals surface area contributed by atoms with Crippen LogP contribution in [0.4, 0.5) is 0 Å². The van der Waals surface area contributed by atoms with Crippen molar-refractivity contribution in [3.05, 3.63) is 29.3 Å². The van der Waals surface area contributed by atoms with Crippen LogP contribution in [-0.2, 0) is 13.0 Å². The molecule has 1 aromatic carbocycles. The van der Waals surface area contributed by atoms with Crippen LogP contribution in [0.1, 0.15) is 31.4 Å². The van der Waals surface area contributed by atoms with Crippen LogP contribution in [-0.4, -0.2) is 12.6 Å². The zero-order valence-electron chi connectivity index (χ0n) is 9.55. The van der Waals surface area contributed by atoms with Crippen molar-refractivity contribution in [1.82, 2.24) is 5.32 Å². The van der Waals surface area contributed by atoms with Gasteiger partial charge in [0.2, 0.25) is 0 Å². The summed E-state index contributed by atoms with van der Waals surface area (Å²) >= 11 is 0. The van der Waals surface area contributed by atoms with Crippen LogP contribution < -0.4 is 10.1 Å². The minimum Gasteiger partial charge on any atom is -0.494 e. The zero-order valence-corrected chi connectivity index (χ0v) is 9.55. The summed E-state index contributed by atoms with van der Waals surface area (Å²) in [5, 5.41) is 3.46. The van der Waals surface area contributed by atoms with Crippen molar-refractivity contribution in [3.63, 3.8) is 0 Å². The first-order valence-electron chi connectivity index (χ1n) is 5.77. The van der Waals surface area contributed by atoms with Gasteiger partial charge in [0.1, 0.15) is 5.75 Å². The second-order valence-corrected chi connectivity index (χ2v) is 4.27. The van der Waals surface area contributed by atoms with Crippen molar-refractivity contribution >= 4 is 0 Å². The molecule has 0 radical (unpaired) electrons. The van der Waals surface area contributed by atoms with Crippen LogP contribution in [0.3, 0.4) is 0 Å². The minimum absolute atomic E-state index is 0.582. The molecule has 1 N–H and O–H groups in total. The lowest BCUT2D eigenvalue weighted by Crippen LogP contribution is -2.32. The average molecular weight is 205 g/mol. The molecule has 82 valence electrons. The van der Waals surface area contributed by atoms with E-state index in [1.807, 2.05) is 0 Å². The molecule has 1 aliphatic rings. The van der Waals surface area contributed by atoms with Crippen LogP contribution in [0, 0.1) is 0 Å². The molecular weight excluding hydrogens is 186 g/mol. The van der Waals surface area contributed by atoms with Crippen molar-refractivity contribution in [2.45, 2.75) is 39.3 Å². The Morgan fingerprint density at radius 3 is 3.07 bits per heavy atom. The topological polar surface area (TPSA) is 21.3 Å². The zero-order chi connectivity index (χ0) is 10.7. The highest BCUT2D eigenvalue weighted by atomic mass is 16.5. The maximum absolute atomic E-state index is 5.64. The van der Waals surface area contributed by atoms with E-state index >= 15 is 0 Å². The van der Waals surface area contributed by atoms with Gasteiger partial charge in [-0.1, -0.05) is 13.0 Å². The van der Waals surface area contributed by atoms with E-state index in [0.717, 1.165) is 31.7 Å². The van der Waals surface area contributed by atoms with Gasteiger partial charge < -0.3 is 10.1 Å². The third-order valence-electron chi connectivity index (χ3n) is 2.82. The summed E-state index contributed by atoms with van der Waals surface area (Å²) in [5.41, 5.74) is 2.85. The lowest BCUT2D eigenvalue weighted by molar-refractivity contribution is 0.316. The predicted molar refractivity (Wildman–Crippen MR) is 62.2 cm³/mol. The van der Waals surface area contributed by atoms with E-state index in [9.17, 15) is 0 Å². The fraction of sp³-hybridized carbons (Fsp3) is 0.538. The Morgan fingerprint density at radius 2 is 2.27 bits per heavy atom. The van der Waals surface area contributed by atoms with Crippen molar-refractivity contribution in [2.75, 3.05) is 6.61 Å². The number of hydrogen-bond donors (Lipinski definition) is 1. The summed E-state index contributed by atoms with van der Waals surface area (Å²) in [6.07, 6.45) is 2.17. The van der Waals surface area contributed by atoms with Crippen molar-refractivity contribution in [1.29, 1.82) is 0 Å². The quantitative estimate of drug-likeness (QED) is 0.818. The summed E-state index contributed by atoms with van der Waals surface area (Å²) in [6.45, 7) is 6.16. The monoisotopic (exact) mass is 205 g/mol. The normalized spacial score (nSPS) is 19.7. The maximum atomic E-state index is 5.64. The molecule has 1 heterocycles. The van der Waals surface area contributed by atoms with Crippen LogP contribution >= 0.6 is 0 Å². The summed E-state index contributed by atoms with van der Waals surface area (Å²) in [7, 11) is 0. The molecule has 0 fully saturated rings. The molecule has 0 aromatic heterocycles. The van der Waals surface area contributed by atoms with E-state index < -0.39 is 0 Å². The molecule has 2 rings (SSSR count). The third-order valence-corrected chi connectivity index (χ3v) is 2.82. The Morgan fingerprint density at radius 1 is 1.40 bits per heavy atom. The number of rotatable bonds is 3. The van der Waals surface area contributed by atoms with Gasteiger partial charge in [-0.05, 0) is 43.0 Å². The van der Waals surface area contributed by atoms with Gasteiger partial charge in [-0.2, -0.15) is 0 Å². The molecule has 0 bridgehead atoms. The molecule has 1 atom stereocenters. The number of nitrogens with one attached hydrogen (secondary N) is 1. The average Bonchev–Trinajstić information content (AvgIpc) is 2.25. The fourth-order valence-corrected chi connectivity index (χ4v) is 1.96. The minimum atomic E-state index is 0.582. The standard InChI is InChI=1S/C13H19NO/c1-3-6-15-13-5-4-11-9-14-10(2)7-12(11)8-13/h4-5,8,10,14H,3,6-7,9H2,1-2H3. The summed E-state index contributed by atoms with van der Waals surface area (Å²) in [5.74, 6) is 1.02. The van der Waals surface area contributed by atoms with E-state index in [2.05, 4.69) is 37.4 Å². The second-order valence-electron chi connectivity index (χ2n) is 4.27. The Balaban J connectivity index is 2.13. The Kier molecular flexibility index (Phi) is 3.27. The van der Waals surface area contributed by atoms with Crippen LogP contribution in [0.2, 0.25) is 0 Å². The molecule has 0 spiro atoms. The number of hydrogen-bond acceptors (Lipinski definition) is 2. The van der Waals surface area contributed by atoms with Gasteiger partial charge in [0.05, 0.1) is 6.61 Å². The summed E-state index contributed by atoms with van der Waals surface area (Å²) in [4.78, 5) is 0. The summed E-state index contributed by atoms with van der Waals surface area (Å²) in [6, 6.07) is 7.03. The Hall–Kier alpha value is -1.02. The van der Waals surface area contributed by atoms with Gasteiger partial charge in [0.25, 0.3) is 0 Å². The summed E-state index contributed by atoms with van der Waals surface area (Å²) < 4.78 is 5.64. The van der Waals surface area contributed by atoms with Gasteiger partial charge in [0, 0.05) is 12.6 Å². The lowest BCUT2D eigenvalue weighted by Gasteiger charge is -2.23. The molecule has 1 unspecified atom stereocenters. The van der Waals surface area contributed by atoms with E-state index in [4.69, 9.17) is 4.74 Å². The van der Waals surface area contributed by atoms with Crippen LogP contribution in [0.5, 0.6) is 5.75 Å². The van der Waals surface area contributed by atoms with Gasteiger partial charge >= 0.3 is 0 Å². The van der Waals surface area contributed by atoms with Crippen molar-refractivity contribution < 1.29 is 4.74 Å². The van der Waals surface area contributed by atoms with Gasteiger partial charge in [-0.25, -0.2) is 0 Å². The number of ether oxygens (including phenoxy) is 1. The van der Waals surface area contributed by atoms with Crippen LogP contribution in [0.25, 0.3) is 0 Å². The largest absolute Gasteiger partial charge is 0.494 e. The molecule has 0 amide bonds. The first kappa shape index (κ1) is 10.5. The molecule has 1 aromatic rings. The highest BCUT2D eigenvalue weighted by molar-refractivity contribution is 5.37. The van der Waals surface area contributed by atoms with Gasteiger partial charge in [-0.3, -0.25) is 0 Å². The highest BCUT2D eigenvalue weighted by Gasteiger charge is 2.14. The van der Waals surface area contributed by atoms with Gasteiger partial charge in [0.15, 0.2) is 0 Å². The van der Waals surface area contributed by atoms with Crippen LogP contribution in [0.15, 0.2) is 18.2 Å². The first-order valence-corrected chi connectivity index (χ1v) is 5.77. The van der Waals surface area contributed by atoms with E-state index in [1.165, 1.54) is 11.1 Å². The molecule has 15 heavy (non-hydrogen) atoms. The number of fused-ring (bicyclic) bond motifs is 1. The predicted octanol–water partition coefficient (Wildman–Crippen LogP) is 2.51. The maximum Gasteiger partial charge on any atom is 0.119 e. The van der Waals surface area contributed by atoms with E-state index in [-0.39, 0.29) is 0 Å². The smallest absolute Gasteiger partial charge is 0.119 e. The van der Waals surface area contributed by atoms with Crippen molar-refractivity contribution in [2.24, 2.45) is 0 Å². The van der Waals surface area contributed by atoms with Crippen molar-refractivity contribution in [3.8, 4) is 5.75 Å². The van der Waals surface area contributed by atoms with Gasteiger partial charge in [-0.15, -0.1) is 0 Å². The molecule has 0 saturated carbocycles. The Bertz CT molecular complexity index is 335. The van der Waals surface area contributed by atoms with E-state index in [1.54, 1.807) is 0 Å². The first-order chi connectivity index (χ1) is 7.29. The second kappa shape index (κ2) is 4.67. The fourth-order valence-electron chi connectivity index (χ4n) is 1.96. The molecule has 0 saturated heterocycles. The SMILES string of the molecule is CCCOc1ccc2c(c1)CC(C)NC2. The molecule has 1 aliphatic heterocycles. The lowest BCUT2D eigenvalue weighted by atomic mass is 9.96. The molecule has 2 nitrogen and oxygen atoms in total. The molecular formula is C13H19NO. The van der Waals surface area contributed by atoms with E-state index in [0.29, 0.717) is 6.04 Å². The number of benzene rings is 1. The molecule has 0 aliphatic carbocycles. The molecule has 2 heteroatoms. The Labute approximate surface area is 91.6 Å². The highest BCUT2D eigenvalue weighted by Crippen LogP contribution is 2.22.